The maximum Gasteiger partial charge on any atom is 0.223 e. The van der Waals surface area contributed by atoms with Crippen molar-refractivity contribution >= 4 is 12.1 Å². The average Bonchev–Trinajstić information content (AvgIpc) is 2.84. The van der Waals surface area contributed by atoms with Crippen molar-refractivity contribution in [2.45, 2.75) is 31.4 Å². The molecule has 176 valence electrons. The molecule has 1 amide bonds. The van der Waals surface area contributed by atoms with Crippen LogP contribution in [0.3, 0.4) is 0 Å². The van der Waals surface area contributed by atoms with Crippen LogP contribution in [0.4, 0.5) is 13.2 Å². The standard InChI is InChI=1S/C27H25F3N2O2/c1-31-17-18-5-12-22(13-6-18)34-27(20-9-14-23(29)24(30)16-20)26(19-7-10-21(28)11-8-19)32-15-3-2-4-25(32)33/h5-14,16-17,26-27H,2-4,15H2,1H3/t26-,27?/m0/s1. The summed E-state index contributed by atoms with van der Waals surface area (Å²) in [7, 11) is 1.67. The normalized spacial score (nSPS) is 16.0. The zero-order chi connectivity index (χ0) is 24.1. The predicted octanol–water partition coefficient (Wildman–Crippen LogP) is 6.03. The number of hydrogen-bond donors (Lipinski definition) is 0. The highest BCUT2D eigenvalue weighted by atomic mass is 19.2. The Balaban J connectivity index is 1.81. The van der Waals surface area contributed by atoms with Gasteiger partial charge in [0.05, 0.1) is 6.04 Å². The minimum atomic E-state index is -1.01. The first kappa shape index (κ1) is 23.5. The Hall–Kier alpha value is -3.61. The number of ether oxygens (including phenoxy) is 1. The number of rotatable bonds is 7. The van der Waals surface area contributed by atoms with Crippen LogP contribution in [0, 0.1) is 17.5 Å². The molecule has 7 heteroatoms. The summed E-state index contributed by atoms with van der Waals surface area (Å²) in [6.07, 6.45) is 2.80. The Morgan fingerprint density at radius 3 is 2.26 bits per heavy atom. The van der Waals surface area contributed by atoms with Gasteiger partial charge in [0.25, 0.3) is 0 Å². The molecule has 1 aliphatic rings. The van der Waals surface area contributed by atoms with Crippen LogP contribution in [-0.4, -0.2) is 30.6 Å². The van der Waals surface area contributed by atoms with Crippen LogP contribution in [0.5, 0.6) is 5.75 Å². The van der Waals surface area contributed by atoms with Gasteiger partial charge in [0.2, 0.25) is 5.91 Å². The molecule has 0 spiro atoms. The van der Waals surface area contributed by atoms with Gasteiger partial charge in [0, 0.05) is 26.2 Å². The quantitative estimate of drug-likeness (QED) is 0.399. The fourth-order valence-electron chi connectivity index (χ4n) is 4.23. The average molecular weight is 467 g/mol. The molecule has 0 saturated carbocycles. The summed E-state index contributed by atoms with van der Waals surface area (Å²) in [4.78, 5) is 18.6. The molecule has 4 rings (SSSR count). The fourth-order valence-corrected chi connectivity index (χ4v) is 4.23. The largest absolute Gasteiger partial charge is 0.483 e. The van der Waals surface area contributed by atoms with Gasteiger partial charge in [0.15, 0.2) is 11.6 Å². The Labute approximate surface area is 196 Å². The van der Waals surface area contributed by atoms with Crippen LogP contribution in [-0.2, 0) is 4.79 Å². The second-order valence-corrected chi connectivity index (χ2v) is 8.21. The predicted molar refractivity (Wildman–Crippen MR) is 124 cm³/mol. The number of carbonyl (C=O) groups excluding carboxylic acids is 1. The smallest absolute Gasteiger partial charge is 0.223 e. The van der Waals surface area contributed by atoms with E-state index < -0.39 is 29.6 Å². The summed E-state index contributed by atoms with van der Waals surface area (Å²) in [5.74, 6) is -1.97. The molecule has 1 unspecified atom stereocenters. The van der Waals surface area contributed by atoms with Crippen molar-refractivity contribution in [3.63, 3.8) is 0 Å². The lowest BCUT2D eigenvalue weighted by Crippen LogP contribution is -2.42. The van der Waals surface area contributed by atoms with Crippen molar-refractivity contribution in [1.29, 1.82) is 0 Å². The first-order chi connectivity index (χ1) is 16.5. The van der Waals surface area contributed by atoms with E-state index >= 15 is 0 Å². The topological polar surface area (TPSA) is 41.9 Å². The van der Waals surface area contributed by atoms with Gasteiger partial charge in [-0.25, -0.2) is 13.2 Å². The first-order valence-electron chi connectivity index (χ1n) is 11.1. The Morgan fingerprint density at radius 2 is 1.62 bits per heavy atom. The molecule has 0 radical (unpaired) electrons. The van der Waals surface area contributed by atoms with Gasteiger partial charge in [-0.1, -0.05) is 18.2 Å². The molecule has 0 aromatic heterocycles. The van der Waals surface area contributed by atoms with Crippen LogP contribution in [0.25, 0.3) is 0 Å². The van der Waals surface area contributed by atoms with E-state index in [1.54, 1.807) is 42.4 Å². The number of hydrogen-bond acceptors (Lipinski definition) is 3. The van der Waals surface area contributed by atoms with Gasteiger partial charge in [-0.2, -0.15) is 0 Å². The number of likely N-dealkylation sites (tertiary alicyclic amines) is 1. The van der Waals surface area contributed by atoms with E-state index in [4.69, 9.17) is 4.74 Å². The molecule has 3 aromatic carbocycles. The van der Waals surface area contributed by atoms with Gasteiger partial charge in [-0.15, -0.1) is 0 Å². The van der Waals surface area contributed by atoms with Crippen LogP contribution in [0.15, 0.2) is 71.7 Å². The highest BCUT2D eigenvalue weighted by Crippen LogP contribution is 2.40. The fraction of sp³-hybridized carbons (Fsp3) is 0.259. The highest BCUT2D eigenvalue weighted by molar-refractivity contribution is 5.79. The third kappa shape index (κ3) is 5.30. The zero-order valence-corrected chi connectivity index (χ0v) is 18.8. The van der Waals surface area contributed by atoms with Crippen LogP contribution < -0.4 is 4.74 Å². The highest BCUT2D eigenvalue weighted by Gasteiger charge is 2.36. The molecular weight excluding hydrogens is 441 g/mol. The molecule has 4 nitrogen and oxygen atoms in total. The summed E-state index contributed by atoms with van der Waals surface area (Å²) >= 11 is 0. The number of benzene rings is 3. The lowest BCUT2D eigenvalue weighted by atomic mass is 9.92. The summed E-state index contributed by atoms with van der Waals surface area (Å²) in [6, 6.07) is 15.9. The van der Waals surface area contributed by atoms with Crippen molar-refractivity contribution in [1.82, 2.24) is 4.90 Å². The number of nitrogens with zero attached hydrogens (tertiary/aromatic N) is 2. The molecule has 2 atom stereocenters. The number of amides is 1. The van der Waals surface area contributed by atoms with Crippen molar-refractivity contribution in [3.8, 4) is 5.75 Å². The molecule has 1 fully saturated rings. The van der Waals surface area contributed by atoms with E-state index in [0.29, 0.717) is 29.8 Å². The molecule has 0 N–H and O–H groups in total. The van der Waals surface area contributed by atoms with E-state index in [2.05, 4.69) is 4.99 Å². The van der Waals surface area contributed by atoms with Crippen molar-refractivity contribution in [2.24, 2.45) is 4.99 Å². The molecular formula is C27H25F3N2O2. The molecule has 1 aliphatic heterocycles. The lowest BCUT2D eigenvalue weighted by Gasteiger charge is -2.39. The molecule has 3 aromatic rings. The van der Waals surface area contributed by atoms with Gasteiger partial charge >= 0.3 is 0 Å². The number of aliphatic imine (C=N–C) groups is 1. The van der Waals surface area contributed by atoms with Crippen molar-refractivity contribution in [3.05, 3.63) is 101 Å². The molecule has 1 heterocycles. The van der Waals surface area contributed by atoms with E-state index in [0.717, 1.165) is 30.5 Å². The van der Waals surface area contributed by atoms with Gasteiger partial charge in [-0.05, 0) is 78.1 Å². The second kappa shape index (κ2) is 10.5. The van der Waals surface area contributed by atoms with Crippen LogP contribution in [0.2, 0.25) is 0 Å². The maximum absolute atomic E-state index is 14.3. The van der Waals surface area contributed by atoms with Gasteiger partial charge < -0.3 is 9.64 Å². The van der Waals surface area contributed by atoms with E-state index in [9.17, 15) is 18.0 Å². The van der Waals surface area contributed by atoms with E-state index in [1.807, 2.05) is 12.1 Å². The molecule has 34 heavy (non-hydrogen) atoms. The van der Waals surface area contributed by atoms with Gasteiger partial charge in [-0.3, -0.25) is 9.79 Å². The maximum atomic E-state index is 14.3. The van der Waals surface area contributed by atoms with Crippen molar-refractivity contribution in [2.75, 3.05) is 13.6 Å². The first-order valence-corrected chi connectivity index (χ1v) is 11.1. The Morgan fingerprint density at radius 1 is 0.912 bits per heavy atom. The molecule has 0 bridgehead atoms. The molecule has 1 saturated heterocycles. The second-order valence-electron chi connectivity index (χ2n) is 8.21. The SMILES string of the molecule is CN=Cc1ccc(OC(c2ccc(F)c(F)c2)[C@H](c2ccc(F)cc2)N2CCCCC2=O)cc1. The van der Waals surface area contributed by atoms with Crippen LogP contribution in [0.1, 0.15) is 48.1 Å². The third-order valence-electron chi connectivity index (χ3n) is 5.89. The van der Waals surface area contributed by atoms with Gasteiger partial charge in [0.1, 0.15) is 17.7 Å². The number of halogens is 3. The van der Waals surface area contributed by atoms with Crippen molar-refractivity contribution < 1.29 is 22.7 Å². The number of piperidine rings is 1. The monoisotopic (exact) mass is 466 g/mol. The van der Waals surface area contributed by atoms with E-state index in [-0.39, 0.29) is 5.91 Å². The summed E-state index contributed by atoms with van der Waals surface area (Å²) in [5, 5.41) is 0. The Bertz CT molecular complexity index is 1160. The zero-order valence-electron chi connectivity index (χ0n) is 18.8. The summed E-state index contributed by atoms with van der Waals surface area (Å²) in [6.45, 7) is 0.482. The minimum absolute atomic E-state index is 0.0636. The summed E-state index contributed by atoms with van der Waals surface area (Å²) < 4.78 is 48.1. The van der Waals surface area contributed by atoms with E-state index in [1.165, 1.54) is 18.2 Å². The third-order valence-corrected chi connectivity index (χ3v) is 5.89. The molecule has 0 aliphatic carbocycles. The minimum Gasteiger partial charge on any atom is -0.483 e. The summed E-state index contributed by atoms with van der Waals surface area (Å²) in [5.41, 5.74) is 1.88. The van der Waals surface area contributed by atoms with Crippen LogP contribution >= 0.6 is 0 Å². The number of carbonyl (C=O) groups is 1. The lowest BCUT2D eigenvalue weighted by molar-refractivity contribution is -0.138. The Kier molecular flexibility index (Phi) is 7.30.